The number of halogens is 1. The molecule has 1 amide bonds. The number of nitriles is 1. The molecule has 3 saturated heterocycles. The molecule has 4 fully saturated rings. The van der Waals surface area contributed by atoms with Crippen LogP contribution in [0.1, 0.15) is 80.1 Å². The molecule has 4 aromatic heterocycles. The highest BCUT2D eigenvalue weighted by molar-refractivity contribution is 6.36. The molecule has 5 aliphatic rings. The van der Waals surface area contributed by atoms with Crippen LogP contribution in [0.5, 0.6) is 6.01 Å². The van der Waals surface area contributed by atoms with E-state index in [1.807, 2.05) is 27.7 Å². The fraction of sp³-hybridized carbons (Fsp3) is 0.464. The Hall–Kier alpha value is -7.07. The summed E-state index contributed by atoms with van der Waals surface area (Å²) in [6.45, 7) is 17.1. The predicted octanol–water partition coefficient (Wildman–Crippen LogP) is 7.28. The number of aromatic nitrogens is 8. The van der Waals surface area contributed by atoms with Crippen LogP contribution in [0.15, 0.2) is 72.9 Å². The first kappa shape index (κ1) is 48.8. The summed E-state index contributed by atoms with van der Waals surface area (Å²) in [4.78, 5) is 51.4. The summed E-state index contributed by atoms with van der Waals surface area (Å²) in [5.41, 5.74) is 8.22. The molecule has 19 heteroatoms. The Labute approximate surface area is 442 Å². The van der Waals surface area contributed by atoms with E-state index in [0.29, 0.717) is 80.2 Å². The Kier molecular flexibility index (Phi) is 13.2. The van der Waals surface area contributed by atoms with Gasteiger partial charge < -0.3 is 44.4 Å². The minimum Gasteiger partial charge on any atom is -0.462 e. The quantitative estimate of drug-likeness (QED) is 0.104. The maximum atomic E-state index is 14.8. The average Bonchev–Trinajstić information content (AvgIpc) is 3.88. The van der Waals surface area contributed by atoms with Gasteiger partial charge in [-0.2, -0.15) is 34.8 Å². The molecule has 3 aromatic carbocycles. The molecule has 8 heterocycles. The first-order valence-electron chi connectivity index (χ1n) is 26.7. The van der Waals surface area contributed by atoms with Gasteiger partial charge >= 0.3 is 6.01 Å². The van der Waals surface area contributed by atoms with Gasteiger partial charge in [-0.3, -0.25) is 4.79 Å². The van der Waals surface area contributed by atoms with Crippen LogP contribution in [0.25, 0.3) is 27.5 Å². The lowest BCUT2D eigenvalue weighted by molar-refractivity contribution is -0.129. The first-order chi connectivity index (χ1) is 36.5. The second kappa shape index (κ2) is 20.2. The minimum atomic E-state index is -0.415. The zero-order chi connectivity index (χ0) is 51.5. The molecule has 0 bridgehead atoms. The molecule has 0 unspecified atom stereocenters. The monoisotopic (exact) mass is 1030 g/mol. The number of fused-ring (bicyclic) bond motifs is 4. The van der Waals surface area contributed by atoms with Gasteiger partial charge in [0.05, 0.1) is 66.1 Å². The average molecular weight is 1030 g/mol. The van der Waals surface area contributed by atoms with Gasteiger partial charge in [0.25, 0.3) is 5.91 Å². The Morgan fingerprint density at radius 2 is 1.76 bits per heavy atom. The van der Waals surface area contributed by atoms with E-state index in [0.717, 1.165) is 119 Å². The molecule has 18 nitrogen and oxygen atoms in total. The molecule has 2 N–H and O–H groups in total. The third-order valence-electron chi connectivity index (χ3n) is 15.9. The Balaban J connectivity index is 0.800. The number of nitrogens with zero attached hydrogens (tertiary/aromatic N) is 14. The molecular weight excluding hydrogens is 964 g/mol. The van der Waals surface area contributed by atoms with Gasteiger partial charge in [-0.15, -0.1) is 0 Å². The molecule has 75 heavy (non-hydrogen) atoms. The summed E-state index contributed by atoms with van der Waals surface area (Å²) in [6, 6.07) is 21.7. The van der Waals surface area contributed by atoms with Crippen LogP contribution >= 0.6 is 11.6 Å². The summed E-state index contributed by atoms with van der Waals surface area (Å²) in [6.07, 6.45) is 7.25. The van der Waals surface area contributed by atoms with Crippen molar-refractivity contribution in [2.45, 2.75) is 109 Å². The van der Waals surface area contributed by atoms with E-state index in [9.17, 15) is 10.1 Å². The van der Waals surface area contributed by atoms with Crippen LogP contribution in [0, 0.1) is 18.3 Å². The van der Waals surface area contributed by atoms with E-state index < -0.39 is 6.04 Å². The number of hydrogen-bond acceptors (Lipinski definition) is 15. The van der Waals surface area contributed by atoms with E-state index in [2.05, 4.69) is 118 Å². The lowest BCUT2D eigenvalue weighted by Crippen LogP contribution is -2.56. The van der Waals surface area contributed by atoms with Crippen molar-refractivity contribution in [2.24, 2.45) is 0 Å². The number of anilines is 4. The third-order valence-corrected chi connectivity index (χ3v) is 16.2. The molecule has 388 valence electrons. The van der Waals surface area contributed by atoms with Crippen molar-refractivity contribution >= 4 is 68.4 Å². The van der Waals surface area contributed by atoms with Crippen LogP contribution < -0.4 is 30.1 Å². The second-order valence-corrected chi connectivity index (χ2v) is 21.9. The van der Waals surface area contributed by atoms with E-state index in [4.69, 9.17) is 46.4 Å². The molecule has 12 rings (SSSR count). The van der Waals surface area contributed by atoms with Gasteiger partial charge in [-0.25, -0.2) is 4.98 Å². The predicted molar refractivity (Wildman–Crippen MR) is 293 cm³/mol. The Bertz CT molecular complexity index is 3370. The standard InChI is InChI=1S/C56H65ClN16O2/c1-34-14-17-47-45(25-34)62-49(27-59-54-66-55(70-29-36(3)61-37(4)30-70)64-52-43(38-15-16-38)26-60-73(52)54)72(47)28-35(2)53(74)71-24-23-69(31-40(71)18-20-58)51-42-19-22-68(48-13-7-10-39-9-6-12-44(57)50(39)48)32-46(42)63-56(65-51)75-33-41-11-8-21-67(41)5/h6-7,9-10,12-14,17,25-26,36-38,40-41,61H,2,8,11,15-16,18-19,21-24,27-33H2,1,3-5H3,(H,59,64,66)/t36-,37+,40-,41-/m0/s1. The Morgan fingerprint density at radius 1 is 0.933 bits per heavy atom. The van der Waals surface area contributed by atoms with Crippen LogP contribution in [0.4, 0.5) is 23.4 Å². The van der Waals surface area contributed by atoms with Crippen molar-refractivity contribution in [3.63, 3.8) is 0 Å². The number of nitrogens with one attached hydrogen (secondary N) is 2. The summed E-state index contributed by atoms with van der Waals surface area (Å²) in [5, 5.41) is 25.1. The van der Waals surface area contributed by atoms with Crippen molar-refractivity contribution in [1.82, 2.24) is 54.2 Å². The molecule has 1 aliphatic carbocycles. The lowest BCUT2D eigenvalue weighted by Gasteiger charge is -2.42. The van der Waals surface area contributed by atoms with Crippen molar-refractivity contribution in [3.8, 4) is 12.1 Å². The maximum absolute atomic E-state index is 14.8. The maximum Gasteiger partial charge on any atom is 0.318 e. The second-order valence-electron chi connectivity index (χ2n) is 21.5. The summed E-state index contributed by atoms with van der Waals surface area (Å²) < 4.78 is 10.4. The van der Waals surface area contributed by atoms with Crippen LogP contribution in [0.3, 0.4) is 0 Å². The molecule has 0 spiro atoms. The zero-order valence-corrected chi connectivity index (χ0v) is 44.1. The van der Waals surface area contributed by atoms with Gasteiger partial charge in [-0.1, -0.05) is 48.5 Å². The summed E-state index contributed by atoms with van der Waals surface area (Å²) in [7, 11) is 2.14. The largest absolute Gasteiger partial charge is 0.462 e. The first-order valence-corrected chi connectivity index (χ1v) is 27.1. The summed E-state index contributed by atoms with van der Waals surface area (Å²) in [5.74, 6) is 3.06. The van der Waals surface area contributed by atoms with Crippen molar-refractivity contribution in [3.05, 3.63) is 106 Å². The number of hydrogen-bond donors (Lipinski definition) is 2. The van der Waals surface area contributed by atoms with Crippen molar-refractivity contribution in [1.29, 1.82) is 5.26 Å². The van der Waals surface area contributed by atoms with Gasteiger partial charge in [0.15, 0.2) is 5.65 Å². The normalized spacial score (nSPS) is 21.3. The zero-order valence-electron chi connectivity index (χ0n) is 43.3. The number of carbonyl (C=O) groups is 1. The van der Waals surface area contributed by atoms with Crippen LogP contribution in [-0.4, -0.2) is 138 Å². The summed E-state index contributed by atoms with van der Waals surface area (Å²) >= 11 is 6.85. The van der Waals surface area contributed by atoms with Crippen LogP contribution in [0.2, 0.25) is 5.02 Å². The highest BCUT2D eigenvalue weighted by Gasteiger charge is 2.36. The van der Waals surface area contributed by atoms with Crippen LogP contribution in [-0.2, 0) is 30.8 Å². The van der Waals surface area contributed by atoms with Gasteiger partial charge in [0, 0.05) is 85.2 Å². The number of aryl methyl sites for hydroxylation is 1. The number of carbonyl (C=O) groups excluding carboxylic acids is 1. The number of piperazine rings is 2. The molecule has 4 atom stereocenters. The topological polar surface area (TPSA) is 177 Å². The molecule has 4 aliphatic heterocycles. The number of ether oxygens (including phenoxy) is 1. The van der Waals surface area contributed by atoms with Gasteiger partial charge in [0.2, 0.25) is 11.9 Å². The fourth-order valence-corrected chi connectivity index (χ4v) is 12.2. The molecule has 1 saturated carbocycles. The van der Waals surface area contributed by atoms with Gasteiger partial charge in [-0.05, 0) is 108 Å². The number of benzene rings is 3. The van der Waals surface area contributed by atoms with E-state index in [1.165, 1.54) is 0 Å². The van der Waals surface area contributed by atoms with Crippen molar-refractivity contribution < 1.29 is 9.53 Å². The number of rotatable bonds is 14. The molecule has 7 aromatic rings. The SMILES string of the molecule is C=C(Cn1c(CNc2nc(N3C[C@@H](C)N[C@@H](C)C3)nc3c(C4CC4)cnn23)nc2cc(C)ccc21)C(=O)N1CCN(c2nc(OC[C@@H]3CCCN3C)nc3c2CCN(c2cccc4cccc(Cl)c24)C3)C[C@@H]1CC#N. The third kappa shape index (κ3) is 9.66. The number of imidazole rings is 1. The number of likely N-dealkylation sites (tertiary alicyclic amines) is 1. The molecular formula is C56H65ClN16O2. The minimum absolute atomic E-state index is 0.148. The molecule has 0 radical (unpaired) electrons. The van der Waals surface area contributed by atoms with E-state index >= 15 is 0 Å². The van der Waals surface area contributed by atoms with Crippen molar-refractivity contribution in [2.75, 3.05) is 79.5 Å². The highest BCUT2D eigenvalue weighted by atomic mass is 35.5. The number of amides is 1. The van der Waals surface area contributed by atoms with E-state index in [-0.39, 0.29) is 37.0 Å². The van der Waals surface area contributed by atoms with Gasteiger partial charge in [0.1, 0.15) is 18.2 Å². The smallest absolute Gasteiger partial charge is 0.318 e. The number of likely N-dealkylation sites (N-methyl/N-ethyl adjacent to an activating group) is 1. The fourth-order valence-electron chi connectivity index (χ4n) is 11.9. The Morgan fingerprint density at radius 3 is 2.55 bits per heavy atom. The highest BCUT2D eigenvalue weighted by Crippen LogP contribution is 2.42. The lowest BCUT2D eigenvalue weighted by atomic mass is 10.0. The van der Waals surface area contributed by atoms with E-state index in [1.54, 1.807) is 0 Å².